The Morgan fingerprint density at radius 3 is 2.76 bits per heavy atom. The fourth-order valence-electron chi connectivity index (χ4n) is 4.34. The highest BCUT2D eigenvalue weighted by Crippen LogP contribution is 2.31. The number of carbonyl (C=O) groups is 1. The molecule has 0 radical (unpaired) electrons. The molecule has 7 nitrogen and oxygen atoms in total. The molecular formula is C21H25FN6O. The maximum absolute atomic E-state index is 14.8. The minimum absolute atomic E-state index is 0.0600. The average Bonchev–Trinajstić information content (AvgIpc) is 3.07. The number of nitrogens with zero attached hydrogens (tertiary/aromatic N) is 4. The van der Waals surface area contributed by atoms with E-state index in [1.807, 2.05) is 6.07 Å². The summed E-state index contributed by atoms with van der Waals surface area (Å²) in [7, 11) is 0. The fraction of sp³-hybridized carbons (Fsp3) is 0.524. The van der Waals surface area contributed by atoms with Gasteiger partial charge in [0.05, 0.1) is 23.7 Å². The lowest BCUT2D eigenvalue weighted by Gasteiger charge is -2.30. The second-order valence-electron chi connectivity index (χ2n) is 8.13. The first-order valence-corrected chi connectivity index (χ1v) is 10.1. The van der Waals surface area contributed by atoms with Crippen molar-refractivity contribution >= 4 is 22.6 Å². The number of anilines is 1. The molecule has 0 unspecified atom stereocenters. The van der Waals surface area contributed by atoms with Gasteiger partial charge >= 0.3 is 0 Å². The van der Waals surface area contributed by atoms with Crippen LogP contribution in [0.15, 0.2) is 24.5 Å². The van der Waals surface area contributed by atoms with E-state index in [9.17, 15) is 14.4 Å². The Balaban J connectivity index is 1.47. The molecule has 0 bridgehead atoms. The van der Waals surface area contributed by atoms with E-state index >= 15 is 0 Å². The largest absolute Gasteiger partial charge is 0.367 e. The van der Waals surface area contributed by atoms with Crippen molar-refractivity contribution in [1.29, 1.82) is 5.26 Å². The van der Waals surface area contributed by atoms with Crippen LogP contribution in [0.25, 0.3) is 11.0 Å². The number of fused-ring (bicyclic) bond motifs is 1. The summed E-state index contributed by atoms with van der Waals surface area (Å²) < 4.78 is 14.8. The van der Waals surface area contributed by atoms with Crippen LogP contribution in [-0.4, -0.2) is 53.8 Å². The van der Waals surface area contributed by atoms with Gasteiger partial charge in [-0.15, -0.1) is 0 Å². The zero-order chi connectivity index (χ0) is 20.4. The lowest BCUT2D eigenvalue weighted by molar-refractivity contribution is -0.125. The number of rotatable bonds is 4. The maximum Gasteiger partial charge on any atom is 0.223 e. The van der Waals surface area contributed by atoms with Crippen LogP contribution < -0.4 is 15.5 Å². The van der Waals surface area contributed by atoms with Gasteiger partial charge < -0.3 is 15.5 Å². The van der Waals surface area contributed by atoms with Gasteiger partial charge in [0.15, 0.2) is 0 Å². The van der Waals surface area contributed by atoms with Crippen molar-refractivity contribution < 1.29 is 9.18 Å². The SMILES string of the molecule is C[C@@H]1CN(c2ccc(C#N)c3nccnc23)C[C@@H]1NC(=O)CC1(F)CCNCC1. The molecule has 0 saturated carbocycles. The second-order valence-corrected chi connectivity index (χ2v) is 8.13. The molecule has 0 spiro atoms. The van der Waals surface area contributed by atoms with E-state index in [-0.39, 0.29) is 24.3 Å². The van der Waals surface area contributed by atoms with Crippen LogP contribution in [0.3, 0.4) is 0 Å². The predicted molar refractivity (Wildman–Crippen MR) is 108 cm³/mol. The quantitative estimate of drug-likeness (QED) is 0.820. The molecule has 4 rings (SSSR count). The van der Waals surface area contributed by atoms with E-state index in [4.69, 9.17) is 0 Å². The first-order valence-electron chi connectivity index (χ1n) is 10.1. The number of nitriles is 1. The summed E-state index contributed by atoms with van der Waals surface area (Å²) in [6.45, 7) is 4.67. The number of carbonyl (C=O) groups excluding carboxylic acids is 1. The summed E-state index contributed by atoms with van der Waals surface area (Å²) in [5, 5.41) is 15.5. The molecule has 29 heavy (non-hydrogen) atoms. The molecule has 2 fully saturated rings. The average molecular weight is 396 g/mol. The standard InChI is InChI=1S/C21H25FN6O/c1-14-12-28(17-3-2-15(11-23)19-20(17)26-9-8-25-19)13-16(14)27-18(29)10-21(22)4-6-24-7-5-21/h2-3,8-9,14,16,24H,4-7,10,12-13H2,1H3,(H,27,29)/t14-,16+/m1/s1. The Labute approximate surface area is 169 Å². The van der Waals surface area contributed by atoms with Gasteiger partial charge in [-0.3, -0.25) is 14.8 Å². The predicted octanol–water partition coefficient (Wildman–Crippen LogP) is 1.92. The normalized spacial score (nSPS) is 23.7. The van der Waals surface area contributed by atoms with Crippen molar-refractivity contribution in [3.8, 4) is 6.07 Å². The molecule has 2 saturated heterocycles. The molecule has 2 N–H and O–H groups in total. The van der Waals surface area contributed by atoms with Gasteiger partial charge in [-0.05, 0) is 44.0 Å². The Kier molecular flexibility index (Phi) is 5.33. The summed E-state index contributed by atoms with van der Waals surface area (Å²) in [4.78, 5) is 23.4. The number of benzene rings is 1. The molecule has 3 heterocycles. The molecule has 2 aliphatic rings. The highest BCUT2D eigenvalue weighted by molar-refractivity contribution is 5.92. The monoisotopic (exact) mass is 396 g/mol. The Morgan fingerprint density at radius 1 is 1.31 bits per heavy atom. The molecule has 2 atom stereocenters. The number of hydrogen-bond donors (Lipinski definition) is 2. The van der Waals surface area contributed by atoms with Crippen molar-refractivity contribution in [2.75, 3.05) is 31.1 Å². The van der Waals surface area contributed by atoms with E-state index in [1.165, 1.54) is 0 Å². The number of piperidine rings is 1. The molecule has 0 aliphatic carbocycles. The van der Waals surface area contributed by atoms with Gasteiger partial charge in [-0.2, -0.15) is 5.26 Å². The molecule has 2 aliphatic heterocycles. The van der Waals surface area contributed by atoms with E-state index < -0.39 is 5.67 Å². The zero-order valence-corrected chi connectivity index (χ0v) is 16.5. The zero-order valence-electron chi connectivity index (χ0n) is 16.5. The first-order chi connectivity index (χ1) is 14.0. The molecule has 1 aromatic heterocycles. The number of halogens is 1. The number of alkyl halides is 1. The second kappa shape index (κ2) is 7.91. The minimum atomic E-state index is -1.41. The summed E-state index contributed by atoms with van der Waals surface area (Å²) in [5.41, 5.74) is 1.25. The van der Waals surface area contributed by atoms with Crippen molar-refractivity contribution in [3.05, 3.63) is 30.1 Å². The van der Waals surface area contributed by atoms with Crippen LogP contribution in [0.1, 0.15) is 31.7 Å². The van der Waals surface area contributed by atoms with Crippen LogP contribution in [0, 0.1) is 17.2 Å². The van der Waals surface area contributed by atoms with Gasteiger partial charge in [0.2, 0.25) is 5.91 Å². The Bertz CT molecular complexity index is 952. The number of amides is 1. The van der Waals surface area contributed by atoms with Gasteiger partial charge in [0.25, 0.3) is 0 Å². The topological polar surface area (TPSA) is 93.9 Å². The van der Waals surface area contributed by atoms with Crippen LogP contribution >= 0.6 is 0 Å². The fourth-order valence-corrected chi connectivity index (χ4v) is 4.34. The lowest BCUT2D eigenvalue weighted by Crippen LogP contribution is -2.46. The summed E-state index contributed by atoms with van der Waals surface area (Å²) in [6.07, 6.45) is 3.87. The van der Waals surface area contributed by atoms with Crippen LogP contribution in [0.4, 0.5) is 10.1 Å². The number of nitrogens with one attached hydrogen (secondary N) is 2. The lowest BCUT2D eigenvalue weighted by atomic mass is 9.90. The number of aromatic nitrogens is 2. The maximum atomic E-state index is 14.8. The highest BCUT2D eigenvalue weighted by Gasteiger charge is 2.37. The minimum Gasteiger partial charge on any atom is -0.367 e. The third-order valence-electron chi connectivity index (χ3n) is 6.00. The van der Waals surface area contributed by atoms with Crippen molar-refractivity contribution in [1.82, 2.24) is 20.6 Å². The smallest absolute Gasteiger partial charge is 0.223 e. The van der Waals surface area contributed by atoms with Crippen LogP contribution in [0.5, 0.6) is 0 Å². The van der Waals surface area contributed by atoms with Crippen LogP contribution in [0.2, 0.25) is 0 Å². The summed E-state index contributed by atoms with van der Waals surface area (Å²) >= 11 is 0. The third-order valence-corrected chi connectivity index (χ3v) is 6.00. The molecule has 152 valence electrons. The molecule has 1 amide bonds. The van der Waals surface area contributed by atoms with E-state index in [0.29, 0.717) is 49.1 Å². The highest BCUT2D eigenvalue weighted by atomic mass is 19.1. The number of hydrogen-bond acceptors (Lipinski definition) is 6. The Hall–Kier alpha value is -2.79. The summed E-state index contributed by atoms with van der Waals surface area (Å²) in [6, 6.07) is 5.74. The van der Waals surface area contributed by atoms with E-state index in [0.717, 1.165) is 12.2 Å². The van der Waals surface area contributed by atoms with E-state index in [2.05, 4.69) is 38.5 Å². The molecule has 1 aromatic carbocycles. The van der Waals surface area contributed by atoms with Crippen molar-refractivity contribution in [2.45, 2.75) is 37.9 Å². The molecule has 8 heteroatoms. The van der Waals surface area contributed by atoms with E-state index in [1.54, 1.807) is 18.5 Å². The first kappa shape index (κ1) is 19.5. The van der Waals surface area contributed by atoms with Crippen molar-refractivity contribution in [3.63, 3.8) is 0 Å². The Morgan fingerprint density at radius 2 is 2.03 bits per heavy atom. The summed E-state index contributed by atoms with van der Waals surface area (Å²) in [5.74, 6) is -0.0116. The molecule has 2 aromatic rings. The van der Waals surface area contributed by atoms with Gasteiger partial charge in [-0.1, -0.05) is 6.92 Å². The van der Waals surface area contributed by atoms with Crippen LogP contribution in [-0.2, 0) is 4.79 Å². The van der Waals surface area contributed by atoms with Gasteiger partial charge in [0, 0.05) is 25.5 Å². The van der Waals surface area contributed by atoms with Gasteiger partial charge in [-0.25, -0.2) is 4.39 Å². The van der Waals surface area contributed by atoms with Gasteiger partial charge in [0.1, 0.15) is 22.8 Å². The molecular weight excluding hydrogens is 371 g/mol. The van der Waals surface area contributed by atoms with Crippen molar-refractivity contribution in [2.24, 2.45) is 5.92 Å². The third kappa shape index (κ3) is 4.01.